The van der Waals surface area contributed by atoms with E-state index in [-0.39, 0.29) is 6.54 Å². The zero-order chi connectivity index (χ0) is 15.2. The van der Waals surface area contributed by atoms with Gasteiger partial charge in [-0.1, -0.05) is 0 Å². The second kappa shape index (κ2) is 7.33. The first-order valence-corrected chi connectivity index (χ1v) is 7.40. The second-order valence-corrected chi connectivity index (χ2v) is 5.31. The lowest BCUT2D eigenvalue weighted by Crippen LogP contribution is -2.36. The first kappa shape index (κ1) is 16.6. The van der Waals surface area contributed by atoms with E-state index < -0.39 is 32.9 Å². The Morgan fingerprint density at radius 3 is 2.55 bits per heavy atom. The molecule has 0 aromatic carbocycles. The van der Waals surface area contributed by atoms with Gasteiger partial charge in [0.1, 0.15) is 5.56 Å². The van der Waals surface area contributed by atoms with Crippen molar-refractivity contribution in [2.24, 2.45) is 0 Å². The van der Waals surface area contributed by atoms with Gasteiger partial charge in [-0.05, 0) is 13.8 Å². The molecule has 0 aliphatic rings. The molecule has 0 amide bonds. The van der Waals surface area contributed by atoms with Crippen LogP contribution in [0.4, 0.5) is 0 Å². The minimum atomic E-state index is -4.03. The van der Waals surface area contributed by atoms with E-state index in [4.69, 9.17) is 14.6 Å². The Kier molecular flexibility index (Phi) is 6.07. The highest BCUT2D eigenvalue weighted by atomic mass is 32.2. The Hall–Kier alpha value is -1.49. The van der Waals surface area contributed by atoms with Crippen molar-refractivity contribution in [1.82, 2.24) is 14.9 Å². The molecule has 0 atom stereocenters. The monoisotopic (exact) mass is 307 g/mol. The van der Waals surface area contributed by atoms with Gasteiger partial charge in [0.05, 0.1) is 12.7 Å². The lowest BCUT2D eigenvalue weighted by molar-refractivity contribution is -0.130. The molecule has 1 rings (SSSR count). The van der Waals surface area contributed by atoms with E-state index in [1.807, 2.05) is 0 Å². The first-order chi connectivity index (χ1) is 9.42. The highest BCUT2D eigenvalue weighted by Gasteiger charge is 2.25. The quantitative estimate of drug-likeness (QED) is 0.538. The number of H-pyrrole nitrogens is 1. The standard InChI is InChI=1S/C10H17N3O6S/c1-3-18-8(19-4-2)6-12-20(16,17)9-7(10(14)15)5-11-13-9/h5,8,12H,3-4,6H2,1-2H3,(H,11,13)(H,14,15). The van der Waals surface area contributed by atoms with Crippen molar-refractivity contribution in [3.8, 4) is 0 Å². The number of rotatable bonds is 9. The number of carboxylic acids is 1. The number of aromatic amines is 1. The topological polar surface area (TPSA) is 131 Å². The van der Waals surface area contributed by atoms with Gasteiger partial charge in [0.25, 0.3) is 10.0 Å². The van der Waals surface area contributed by atoms with Gasteiger partial charge in [-0.15, -0.1) is 0 Å². The summed E-state index contributed by atoms with van der Waals surface area (Å²) in [5.41, 5.74) is -0.429. The van der Waals surface area contributed by atoms with Crippen molar-refractivity contribution in [2.75, 3.05) is 19.8 Å². The third kappa shape index (κ3) is 4.27. The maximum atomic E-state index is 12.0. The molecule has 0 saturated heterocycles. The van der Waals surface area contributed by atoms with Crippen LogP contribution in [0.1, 0.15) is 24.2 Å². The molecular weight excluding hydrogens is 290 g/mol. The molecule has 0 unspecified atom stereocenters. The minimum absolute atomic E-state index is 0.137. The lowest BCUT2D eigenvalue weighted by atomic mass is 10.4. The van der Waals surface area contributed by atoms with Crippen LogP contribution in [0.3, 0.4) is 0 Å². The Bertz CT molecular complexity index is 535. The van der Waals surface area contributed by atoms with Crippen molar-refractivity contribution in [3.05, 3.63) is 11.8 Å². The van der Waals surface area contributed by atoms with E-state index in [0.29, 0.717) is 13.2 Å². The van der Waals surface area contributed by atoms with E-state index in [0.717, 1.165) is 6.20 Å². The van der Waals surface area contributed by atoms with Crippen LogP contribution in [0.2, 0.25) is 0 Å². The summed E-state index contributed by atoms with van der Waals surface area (Å²) >= 11 is 0. The zero-order valence-corrected chi connectivity index (χ0v) is 11.9. The third-order valence-electron chi connectivity index (χ3n) is 2.25. The molecule has 0 aliphatic heterocycles. The highest BCUT2D eigenvalue weighted by molar-refractivity contribution is 7.89. The fourth-order valence-electron chi connectivity index (χ4n) is 1.42. The predicted octanol–water partition coefficient (Wildman–Crippen LogP) is -0.215. The molecular formula is C10H17N3O6S. The average molecular weight is 307 g/mol. The maximum Gasteiger partial charge on any atom is 0.340 e. The minimum Gasteiger partial charge on any atom is -0.478 e. The van der Waals surface area contributed by atoms with Crippen molar-refractivity contribution < 1.29 is 27.8 Å². The Labute approximate surface area is 116 Å². The Morgan fingerprint density at radius 1 is 1.45 bits per heavy atom. The van der Waals surface area contributed by atoms with Gasteiger partial charge in [0, 0.05) is 13.2 Å². The van der Waals surface area contributed by atoms with E-state index in [9.17, 15) is 13.2 Å². The summed E-state index contributed by atoms with van der Waals surface area (Å²) in [6.45, 7) is 4.08. The number of nitrogens with zero attached hydrogens (tertiary/aromatic N) is 1. The molecule has 9 nitrogen and oxygen atoms in total. The van der Waals surface area contributed by atoms with Crippen molar-refractivity contribution in [2.45, 2.75) is 25.2 Å². The summed E-state index contributed by atoms with van der Waals surface area (Å²) in [5.74, 6) is -1.38. The molecule has 0 aliphatic carbocycles. The molecule has 3 N–H and O–H groups in total. The van der Waals surface area contributed by atoms with Gasteiger partial charge < -0.3 is 14.6 Å². The molecule has 0 radical (unpaired) electrons. The van der Waals surface area contributed by atoms with Crippen LogP contribution in [0, 0.1) is 0 Å². The van der Waals surface area contributed by atoms with E-state index in [1.165, 1.54) is 0 Å². The first-order valence-electron chi connectivity index (χ1n) is 5.91. The smallest absolute Gasteiger partial charge is 0.340 e. The maximum absolute atomic E-state index is 12.0. The predicted molar refractivity (Wildman–Crippen MR) is 67.8 cm³/mol. The highest BCUT2D eigenvalue weighted by Crippen LogP contribution is 2.11. The van der Waals surface area contributed by atoms with Crippen molar-refractivity contribution in [1.29, 1.82) is 0 Å². The number of nitrogens with one attached hydrogen (secondary N) is 2. The van der Waals surface area contributed by atoms with Gasteiger partial charge in [-0.2, -0.15) is 5.10 Å². The van der Waals surface area contributed by atoms with E-state index >= 15 is 0 Å². The molecule has 0 fully saturated rings. The van der Waals surface area contributed by atoms with Crippen LogP contribution < -0.4 is 4.72 Å². The van der Waals surface area contributed by atoms with Crippen LogP contribution in [0.15, 0.2) is 11.2 Å². The third-order valence-corrected chi connectivity index (χ3v) is 3.64. The summed E-state index contributed by atoms with van der Waals surface area (Å²) in [6, 6.07) is 0. The summed E-state index contributed by atoms with van der Waals surface area (Å²) in [4.78, 5) is 10.9. The van der Waals surface area contributed by atoms with Crippen LogP contribution in [-0.2, 0) is 19.5 Å². The molecule has 0 saturated carbocycles. The van der Waals surface area contributed by atoms with Crippen LogP contribution in [0.5, 0.6) is 0 Å². The fraction of sp³-hybridized carbons (Fsp3) is 0.600. The summed E-state index contributed by atoms with van der Waals surface area (Å²) in [5, 5.41) is 13.9. The number of aromatic carboxylic acids is 1. The zero-order valence-electron chi connectivity index (χ0n) is 11.1. The van der Waals surface area contributed by atoms with E-state index in [1.54, 1.807) is 13.8 Å². The Morgan fingerprint density at radius 2 is 2.05 bits per heavy atom. The van der Waals surface area contributed by atoms with Gasteiger partial charge in [-0.3, -0.25) is 5.10 Å². The normalized spacial score (nSPS) is 11.9. The van der Waals surface area contributed by atoms with Gasteiger partial charge in [0.2, 0.25) is 0 Å². The molecule has 114 valence electrons. The van der Waals surface area contributed by atoms with Crippen molar-refractivity contribution in [3.63, 3.8) is 0 Å². The van der Waals surface area contributed by atoms with Crippen molar-refractivity contribution >= 4 is 16.0 Å². The number of carbonyl (C=O) groups is 1. The molecule has 1 aromatic heterocycles. The number of ether oxygens (including phenoxy) is 2. The molecule has 1 aromatic rings. The molecule has 0 bridgehead atoms. The SMILES string of the molecule is CCOC(CNS(=O)(=O)c1[nH]ncc1C(=O)O)OCC. The molecule has 1 heterocycles. The lowest BCUT2D eigenvalue weighted by Gasteiger charge is -2.17. The number of carboxylic acid groups (broad SMARTS) is 1. The molecule has 20 heavy (non-hydrogen) atoms. The number of aromatic nitrogens is 2. The fourth-order valence-corrected chi connectivity index (χ4v) is 2.52. The van der Waals surface area contributed by atoms with Gasteiger partial charge in [-0.25, -0.2) is 17.9 Å². The largest absolute Gasteiger partial charge is 0.478 e. The molecule has 0 spiro atoms. The molecule has 10 heteroatoms. The second-order valence-electron chi connectivity index (χ2n) is 3.61. The number of hydrogen-bond donors (Lipinski definition) is 3. The summed E-state index contributed by atoms with van der Waals surface area (Å²) < 4.78 is 36.5. The number of sulfonamides is 1. The summed E-state index contributed by atoms with van der Waals surface area (Å²) in [6.07, 6.45) is 0.190. The van der Waals surface area contributed by atoms with Gasteiger partial charge in [0.15, 0.2) is 11.3 Å². The summed E-state index contributed by atoms with van der Waals surface area (Å²) in [7, 11) is -4.03. The van der Waals surface area contributed by atoms with E-state index in [2.05, 4.69) is 14.9 Å². The van der Waals surface area contributed by atoms with Crippen LogP contribution >= 0.6 is 0 Å². The Balaban J connectivity index is 2.79. The van der Waals surface area contributed by atoms with Gasteiger partial charge >= 0.3 is 5.97 Å². The number of hydrogen-bond acceptors (Lipinski definition) is 6. The van der Waals surface area contributed by atoms with Crippen LogP contribution in [-0.4, -0.2) is 55.7 Å². The van der Waals surface area contributed by atoms with Crippen LogP contribution in [0.25, 0.3) is 0 Å². The average Bonchev–Trinajstić information content (AvgIpc) is 2.87.